The third-order valence-corrected chi connectivity index (χ3v) is 5.15. The van der Waals surface area contributed by atoms with Crippen LogP contribution >= 0.6 is 23.1 Å². The van der Waals surface area contributed by atoms with Crippen LogP contribution in [0.3, 0.4) is 0 Å². The number of thioether (sulfide) groups is 1. The van der Waals surface area contributed by atoms with E-state index in [1.54, 1.807) is 6.07 Å². The van der Waals surface area contributed by atoms with E-state index in [9.17, 15) is 13.6 Å². The summed E-state index contributed by atoms with van der Waals surface area (Å²) in [6.45, 7) is 0.975. The third-order valence-electron chi connectivity index (χ3n) is 3.51. The van der Waals surface area contributed by atoms with Crippen molar-refractivity contribution in [2.24, 2.45) is 0 Å². The highest BCUT2D eigenvalue weighted by Gasteiger charge is 2.18. The summed E-state index contributed by atoms with van der Waals surface area (Å²) in [7, 11) is 0. The first kappa shape index (κ1) is 17.1. The predicted molar refractivity (Wildman–Crippen MR) is 94.6 cm³/mol. The van der Waals surface area contributed by atoms with Crippen LogP contribution in [0.15, 0.2) is 28.7 Å². The van der Waals surface area contributed by atoms with Crippen LogP contribution < -0.4 is 14.8 Å². The molecule has 0 radical (unpaired) electrons. The summed E-state index contributed by atoms with van der Waals surface area (Å²) < 4.78 is 41.6. The zero-order valence-electron chi connectivity index (χ0n) is 13.2. The number of alkyl halides is 2. The minimum Gasteiger partial charge on any atom is -0.486 e. The molecule has 10 heteroatoms. The summed E-state index contributed by atoms with van der Waals surface area (Å²) >= 11 is 1.73. The van der Waals surface area contributed by atoms with Crippen molar-refractivity contribution in [3.8, 4) is 11.5 Å². The summed E-state index contributed by atoms with van der Waals surface area (Å²) in [4.78, 5) is 16.6. The van der Waals surface area contributed by atoms with E-state index in [4.69, 9.17) is 13.9 Å². The molecule has 0 bridgehead atoms. The van der Waals surface area contributed by atoms with Crippen molar-refractivity contribution in [2.45, 2.75) is 11.5 Å². The number of benzene rings is 1. The van der Waals surface area contributed by atoms with Gasteiger partial charge in [-0.25, -0.2) is 4.98 Å². The molecule has 1 amide bonds. The Morgan fingerprint density at radius 3 is 2.81 bits per heavy atom. The molecule has 0 spiro atoms. The standard InChI is InChI=1S/C16H12F2N2O4S2/c17-15(18)25-7-8-1-2-10(24-8)14(21)20-16-19-9-5-11-12(6-13(9)26-16)23-4-3-22-11/h1-2,5-6,15H,3-4,7H2,(H,19,20,21). The summed E-state index contributed by atoms with van der Waals surface area (Å²) in [6.07, 6.45) is 0. The number of carbonyl (C=O) groups excluding carboxylic acids is 1. The monoisotopic (exact) mass is 398 g/mol. The van der Waals surface area contributed by atoms with Crippen molar-refractivity contribution in [3.05, 3.63) is 35.8 Å². The van der Waals surface area contributed by atoms with Gasteiger partial charge in [-0.2, -0.15) is 8.78 Å². The molecule has 6 nitrogen and oxygen atoms in total. The fraction of sp³-hybridized carbons (Fsp3) is 0.250. The number of anilines is 1. The molecule has 0 aliphatic carbocycles. The molecule has 4 rings (SSSR count). The van der Waals surface area contributed by atoms with Crippen molar-refractivity contribution in [1.82, 2.24) is 4.98 Å². The predicted octanol–water partition coefficient (Wildman–Crippen LogP) is 4.37. The maximum atomic E-state index is 12.3. The molecule has 136 valence electrons. The van der Waals surface area contributed by atoms with Gasteiger partial charge in [0.25, 0.3) is 11.7 Å². The summed E-state index contributed by atoms with van der Waals surface area (Å²) in [6, 6.07) is 6.54. The van der Waals surface area contributed by atoms with Gasteiger partial charge in [0.2, 0.25) is 0 Å². The molecule has 1 aliphatic rings. The number of aromatic nitrogens is 1. The number of carbonyl (C=O) groups is 1. The molecule has 0 atom stereocenters. The maximum Gasteiger partial charge on any atom is 0.293 e. The van der Waals surface area contributed by atoms with Gasteiger partial charge in [-0.3, -0.25) is 10.1 Å². The Morgan fingerprint density at radius 2 is 2.04 bits per heavy atom. The van der Waals surface area contributed by atoms with E-state index in [-0.39, 0.29) is 11.5 Å². The van der Waals surface area contributed by atoms with Crippen molar-refractivity contribution in [2.75, 3.05) is 18.5 Å². The molecule has 1 aliphatic heterocycles. The highest BCUT2D eigenvalue weighted by molar-refractivity contribution is 7.98. The van der Waals surface area contributed by atoms with Crippen LogP contribution in [0, 0.1) is 0 Å². The molecule has 1 N–H and O–H groups in total. The molecular weight excluding hydrogens is 386 g/mol. The van der Waals surface area contributed by atoms with E-state index in [0.717, 1.165) is 4.70 Å². The quantitative estimate of drug-likeness (QED) is 0.688. The zero-order valence-corrected chi connectivity index (χ0v) is 14.8. The molecule has 1 aromatic carbocycles. The second-order valence-corrected chi connectivity index (χ2v) is 7.28. The van der Waals surface area contributed by atoms with Gasteiger partial charge in [-0.1, -0.05) is 23.1 Å². The van der Waals surface area contributed by atoms with Crippen LogP contribution in [0.25, 0.3) is 10.2 Å². The molecular formula is C16H12F2N2O4S2. The summed E-state index contributed by atoms with van der Waals surface area (Å²) in [5, 5.41) is 3.05. The smallest absolute Gasteiger partial charge is 0.293 e. The van der Waals surface area contributed by atoms with E-state index in [1.807, 2.05) is 6.07 Å². The van der Waals surface area contributed by atoms with Gasteiger partial charge < -0.3 is 13.9 Å². The number of nitrogens with one attached hydrogen (secondary N) is 1. The van der Waals surface area contributed by atoms with E-state index in [0.29, 0.717) is 52.9 Å². The second-order valence-electron chi connectivity index (χ2n) is 5.27. The molecule has 2 aromatic heterocycles. The van der Waals surface area contributed by atoms with Crippen molar-refractivity contribution >= 4 is 44.4 Å². The lowest BCUT2D eigenvalue weighted by molar-refractivity contribution is 0.0995. The largest absolute Gasteiger partial charge is 0.486 e. The Bertz CT molecular complexity index is 914. The topological polar surface area (TPSA) is 73.6 Å². The van der Waals surface area contributed by atoms with Gasteiger partial charge in [0, 0.05) is 12.1 Å². The van der Waals surface area contributed by atoms with Crippen LogP contribution in [0.4, 0.5) is 13.9 Å². The lowest BCUT2D eigenvalue weighted by Crippen LogP contribution is -2.15. The highest BCUT2D eigenvalue weighted by atomic mass is 32.2. The second kappa shape index (κ2) is 7.12. The van der Waals surface area contributed by atoms with Gasteiger partial charge in [0.1, 0.15) is 19.0 Å². The average Bonchev–Trinajstić information content (AvgIpc) is 3.24. The van der Waals surface area contributed by atoms with Crippen LogP contribution in [0.1, 0.15) is 16.3 Å². The summed E-state index contributed by atoms with van der Waals surface area (Å²) in [5.41, 5.74) is 0.683. The Hall–Kier alpha value is -2.33. The van der Waals surface area contributed by atoms with Crippen molar-refractivity contribution in [3.63, 3.8) is 0 Å². The van der Waals surface area contributed by atoms with Gasteiger partial charge in [-0.15, -0.1) is 0 Å². The molecule has 0 saturated carbocycles. The number of furan rings is 1. The lowest BCUT2D eigenvalue weighted by atomic mass is 10.3. The highest BCUT2D eigenvalue weighted by Crippen LogP contribution is 2.37. The number of halogens is 2. The Morgan fingerprint density at radius 1 is 1.27 bits per heavy atom. The number of fused-ring (bicyclic) bond motifs is 2. The number of thiazole rings is 1. The minimum atomic E-state index is -2.49. The number of amides is 1. The lowest BCUT2D eigenvalue weighted by Gasteiger charge is -2.17. The van der Waals surface area contributed by atoms with Gasteiger partial charge in [-0.05, 0) is 12.1 Å². The molecule has 0 unspecified atom stereocenters. The maximum absolute atomic E-state index is 12.3. The SMILES string of the molecule is O=C(Nc1nc2cc3c(cc2s1)OCCO3)c1ccc(CSC(F)F)o1. The third kappa shape index (κ3) is 3.61. The number of hydrogen-bond acceptors (Lipinski definition) is 7. The van der Waals surface area contributed by atoms with Gasteiger partial charge >= 0.3 is 0 Å². The Balaban J connectivity index is 1.49. The van der Waals surface area contributed by atoms with Crippen molar-refractivity contribution in [1.29, 1.82) is 0 Å². The van der Waals surface area contributed by atoms with E-state index in [2.05, 4.69) is 10.3 Å². The fourth-order valence-corrected chi connectivity index (χ4v) is 3.72. The van der Waals surface area contributed by atoms with Crippen LogP contribution in [-0.2, 0) is 5.75 Å². The van der Waals surface area contributed by atoms with Crippen molar-refractivity contribution < 1.29 is 27.5 Å². The number of ether oxygens (including phenoxy) is 2. The normalized spacial score (nSPS) is 13.3. The first-order valence-electron chi connectivity index (χ1n) is 7.58. The van der Waals surface area contributed by atoms with E-state index >= 15 is 0 Å². The van der Waals surface area contributed by atoms with Gasteiger partial charge in [0.15, 0.2) is 22.4 Å². The molecule has 0 fully saturated rings. The first-order valence-corrected chi connectivity index (χ1v) is 9.45. The number of nitrogens with zero attached hydrogens (tertiary/aromatic N) is 1. The van der Waals surface area contributed by atoms with E-state index in [1.165, 1.54) is 23.5 Å². The Labute approximate surface area is 154 Å². The van der Waals surface area contributed by atoms with Crippen LogP contribution in [0.2, 0.25) is 0 Å². The zero-order chi connectivity index (χ0) is 18.1. The number of rotatable bonds is 5. The minimum absolute atomic E-state index is 0.00234. The summed E-state index contributed by atoms with van der Waals surface area (Å²) in [5.74, 6) is -1.35. The van der Waals surface area contributed by atoms with Crippen LogP contribution in [0.5, 0.6) is 11.5 Å². The fourth-order valence-electron chi connectivity index (χ4n) is 2.40. The van der Waals surface area contributed by atoms with Gasteiger partial charge in [0.05, 0.1) is 16.0 Å². The first-order chi connectivity index (χ1) is 12.6. The van der Waals surface area contributed by atoms with E-state index < -0.39 is 11.7 Å². The average molecular weight is 398 g/mol. The number of hydrogen-bond donors (Lipinski definition) is 1. The Kier molecular flexibility index (Phi) is 4.68. The van der Waals surface area contributed by atoms with Crippen LogP contribution in [-0.4, -0.2) is 29.9 Å². The molecule has 0 saturated heterocycles. The molecule has 3 heterocycles. The molecule has 26 heavy (non-hydrogen) atoms. The molecule has 3 aromatic rings.